The first-order chi connectivity index (χ1) is 8.92. The highest BCUT2D eigenvalue weighted by atomic mass is 16.1. The number of carbonyl (C=O) groups is 1. The largest absolute Gasteiger partial charge is 0.308 e. The molecule has 0 aromatic heterocycles. The summed E-state index contributed by atoms with van der Waals surface area (Å²) in [6.45, 7) is 9.78. The molecule has 0 saturated heterocycles. The Balaban J connectivity index is 2.68. The molecule has 0 aromatic carbocycles. The first-order valence-electron chi connectivity index (χ1n) is 7.77. The Morgan fingerprint density at radius 2 is 2.11 bits per heavy atom. The molecule has 0 radical (unpaired) electrons. The molecule has 19 heavy (non-hydrogen) atoms. The maximum Gasteiger partial charge on any atom is 0.127 e. The molecule has 0 aliphatic heterocycles. The molecule has 3 unspecified atom stereocenters. The Morgan fingerprint density at radius 1 is 1.42 bits per heavy atom. The van der Waals surface area contributed by atoms with Crippen LogP contribution in [-0.4, -0.2) is 55.9 Å². The second-order valence-electron chi connectivity index (χ2n) is 6.86. The molecule has 112 valence electrons. The van der Waals surface area contributed by atoms with Crippen molar-refractivity contribution in [3.05, 3.63) is 0 Å². The van der Waals surface area contributed by atoms with Gasteiger partial charge in [0.15, 0.2) is 0 Å². The van der Waals surface area contributed by atoms with E-state index < -0.39 is 0 Å². The van der Waals surface area contributed by atoms with E-state index in [0.29, 0.717) is 12.0 Å². The monoisotopic (exact) mass is 268 g/mol. The van der Waals surface area contributed by atoms with Crippen molar-refractivity contribution in [2.24, 2.45) is 11.3 Å². The molecule has 0 aromatic rings. The third-order valence-corrected chi connectivity index (χ3v) is 4.55. The van der Waals surface area contributed by atoms with Crippen molar-refractivity contribution < 1.29 is 4.79 Å². The van der Waals surface area contributed by atoms with Gasteiger partial charge >= 0.3 is 0 Å². The quantitative estimate of drug-likeness (QED) is 0.663. The van der Waals surface area contributed by atoms with Gasteiger partial charge in [0.1, 0.15) is 6.29 Å². The lowest BCUT2D eigenvalue weighted by molar-refractivity contribution is -0.120. The van der Waals surface area contributed by atoms with E-state index in [0.717, 1.165) is 32.5 Å². The van der Waals surface area contributed by atoms with Crippen LogP contribution in [0.2, 0.25) is 0 Å². The van der Waals surface area contributed by atoms with Crippen molar-refractivity contribution >= 4 is 6.29 Å². The van der Waals surface area contributed by atoms with Crippen LogP contribution < -0.4 is 0 Å². The Morgan fingerprint density at radius 3 is 2.58 bits per heavy atom. The summed E-state index contributed by atoms with van der Waals surface area (Å²) >= 11 is 0. The summed E-state index contributed by atoms with van der Waals surface area (Å²) < 4.78 is 0. The third kappa shape index (κ3) is 4.88. The van der Waals surface area contributed by atoms with Gasteiger partial charge in [0.25, 0.3) is 0 Å². The summed E-state index contributed by atoms with van der Waals surface area (Å²) in [6, 6.07) is 0.508. The van der Waals surface area contributed by atoms with Gasteiger partial charge in [0.05, 0.1) is 0 Å². The molecule has 0 amide bonds. The molecular weight excluding hydrogens is 236 g/mol. The highest BCUT2D eigenvalue weighted by molar-refractivity contribution is 5.60. The lowest BCUT2D eigenvalue weighted by Crippen LogP contribution is -2.48. The van der Waals surface area contributed by atoms with Gasteiger partial charge in [0.2, 0.25) is 0 Å². The van der Waals surface area contributed by atoms with E-state index in [2.05, 4.69) is 44.7 Å². The predicted octanol–water partition coefficient (Wildman–Crippen LogP) is 2.65. The lowest BCUT2D eigenvalue weighted by Gasteiger charge is -2.41. The fraction of sp³-hybridized carbons (Fsp3) is 0.938. The zero-order valence-electron chi connectivity index (χ0n) is 13.5. The van der Waals surface area contributed by atoms with Crippen LogP contribution in [-0.2, 0) is 4.79 Å². The molecule has 3 nitrogen and oxygen atoms in total. The molecule has 1 aliphatic carbocycles. The Hall–Kier alpha value is -0.410. The predicted molar refractivity (Wildman–Crippen MR) is 81.4 cm³/mol. The fourth-order valence-electron chi connectivity index (χ4n) is 3.62. The minimum atomic E-state index is -0.0890. The number of carbonyl (C=O) groups excluding carboxylic acids is 1. The van der Waals surface area contributed by atoms with E-state index in [1.165, 1.54) is 19.1 Å². The van der Waals surface area contributed by atoms with Crippen LogP contribution in [0.3, 0.4) is 0 Å². The van der Waals surface area contributed by atoms with Gasteiger partial charge in [-0.3, -0.25) is 4.90 Å². The molecule has 0 bridgehead atoms. The molecule has 3 heteroatoms. The molecule has 0 heterocycles. The zero-order valence-corrected chi connectivity index (χ0v) is 13.5. The highest BCUT2D eigenvalue weighted by Crippen LogP contribution is 2.38. The van der Waals surface area contributed by atoms with Gasteiger partial charge in [-0.15, -0.1) is 0 Å². The second-order valence-corrected chi connectivity index (χ2v) is 6.86. The summed E-state index contributed by atoms with van der Waals surface area (Å²) in [5.74, 6) is 0.696. The molecule has 1 saturated carbocycles. The molecule has 0 spiro atoms. The van der Waals surface area contributed by atoms with Gasteiger partial charge in [0, 0.05) is 24.5 Å². The molecular formula is C16H32N2O. The van der Waals surface area contributed by atoms with Crippen LogP contribution in [0.25, 0.3) is 0 Å². The standard InChI is InChI=1S/C16H32N2O/c1-6-18(15(3)11-17(4)5)12-16(13-19)9-7-8-14(2)10-16/h13-15H,6-12H2,1-5H3. The van der Waals surface area contributed by atoms with Gasteiger partial charge in [-0.05, 0) is 46.3 Å². The minimum Gasteiger partial charge on any atom is -0.308 e. The Labute approximate surface area is 119 Å². The lowest BCUT2D eigenvalue weighted by atomic mass is 9.70. The zero-order chi connectivity index (χ0) is 14.5. The van der Waals surface area contributed by atoms with E-state index >= 15 is 0 Å². The molecule has 3 atom stereocenters. The van der Waals surface area contributed by atoms with E-state index in [1.54, 1.807) is 0 Å². The van der Waals surface area contributed by atoms with Gasteiger partial charge in [-0.1, -0.05) is 26.7 Å². The summed E-state index contributed by atoms with van der Waals surface area (Å²) in [5, 5.41) is 0. The van der Waals surface area contributed by atoms with Gasteiger partial charge in [-0.25, -0.2) is 0 Å². The maximum atomic E-state index is 11.7. The van der Waals surface area contributed by atoms with E-state index in [1.807, 2.05) is 0 Å². The molecule has 0 N–H and O–H groups in total. The molecule has 1 rings (SSSR count). The number of rotatable bonds is 7. The smallest absolute Gasteiger partial charge is 0.127 e. The van der Waals surface area contributed by atoms with Crippen molar-refractivity contribution in [3.63, 3.8) is 0 Å². The highest BCUT2D eigenvalue weighted by Gasteiger charge is 2.36. The Bertz CT molecular complexity index is 280. The SMILES string of the molecule is CCN(CC1(C=O)CCCC(C)C1)C(C)CN(C)C. The topological polar surface area (TPSA) is 23.6 Å². The molecule has 1 aliphatic rings. The molecule has 1 fully saturated rings. The van der Waals surface area contributed by atoms with Crippen molar-refractivity contribution in [1.82, 2.24) is 9.80 Å². The first kappa shape index (κ1) is 16.6. The number of nitrogens with zero attached hydrogens (tertiary/aromatic N) is 2. The van der Waals surface area contributed by atoms with E-state index in [4.69, 9.17) is 0 Å². The number of hydrogen-bond acceptors (Lipinski definition) is 3. The van der Waals surface area contributed by atoms with Crippen LogP contribution in [0.5, 0.6) is 0 Å². The van der Waals surface area contributed by atoms with Gasteiger partial charge in [-0.2, -0.15) is 0 Å². The van der Waals surface area contributed by atoms with E-state index in [9.17, 15) is 4.79 Å². The van der Waals surface area contributed by atoms with Crippen molar-refractivity contribution in [2.45, 2.75) is 52.5 Å². The second kappa shape index (κ2) is 7.39. The summed E-state index contributed by atoms with van der Waals surface area (Å²) in [6.07, 6.45) is 5.90. The first-order valence-corrected chi connectivity index (χ1v) is 7.77. The van der Waals surface area contributed by atoms with Crippen molar-refractivity contribution in [3.8, 4) is 0 Å². The number of likely N-dealkylation sites (N-methyl/N-ethyl adjacent to an activating group) is 2. The fourth-order valence-corrected chi connectivity index (χ4v) is 3.62. The van der Waals surface area contributed by atoms with Crippen LogP contribution in [0.4, 0.5) is 0 Å². The van der Waals surface area contributed by atoms with Crippen molar-refractivity contribution in [2.75, 3.05) is 33.7 Å². The summed E-state index contributed by atoms with van der Waals surface area (Å²) in [4.78, 5) is 16.4. The normalized spacial score (nSPS) is 29.7. The minimum absolute atomic E-state index is 0.0890. The third-order valence-electron chi connectivity index (χ3n) is 4.55. The average Bonchev–Trinajstić information content (AvgIpc) is 2.35. The van der Waals surface area contributed by atoms with Crippen molar-refractivity contribution in [1.29, 1.82) is 0 Å². The summed E-state index contributed by atoms with van der Waals surface area (Å²) in [5.41, 5.74) is -0.0890. The van der Waals surface area contributed by atoms with Crippen LogP contribution in [0.15, 0.2) is 0 Å². The number of aldehydes is 1. The van der Waals surface area contributed by atoms with E-state index in [-0.39, 0.29) is 5.41 Å². The average molecular weight is 268 g/mol. The maximum absolute atomic E-state index is 11.7. The van der Waals surface area contributed by atoms with Crippen LogP contribution in [0.1, 0.15) is 46.5 Å². The van der Waals surface area contributed by atoms with Gasteiger partial charge < -0.3 is 9.69 Å². The Kier molecular flexibility index (Phi) is 6.48. The van der Waals surface area contributed by atoms with Crippen LogP contribution >= 0.6 is 0 Å². The van der Waals surface area contributed by atoms with Crippen LogP contribution in [0, 0.1) is 11.3 Å². The summed E-state index contributed by atoms with van der Waals surface area (Å²) in [7, 11) is 4.23. The number of hydrogen-bond donors (Lipinski definition) is 0.